The molecule has 0 N–H and O–H groups in total. The first-order chi connectivity index (χ1) is 10.2. The molecule has 0 saturated heterocycles. The minimum atomic E-state index is 0.0192. The van der Waals surface area contributed by atoms with Gasteiger partial charge in [0.25, 0.3) is 5.91 Å². The van der Waals surface area contributed by atoms with E-state index < -0.39 is 0 Å². The Hall–Kier alpha value is -1.77. The molecule has 0 aliphatic heterocycles. The van der Waals surface area contributed by atoms with Crippen LogP contribution in [0, 0.1) is 6.92 Å². The highest BCUT2D eigenvalue weighted by Crippen LogP contribution is 2.22. The second-order valence-electron chi connectivity index (χ2n) is 5.65. The summed E-state index contributed by atoms with van der Waals surface area (Å²) in [4.78, 5) is 14.6. The molecule has 1 aromatic heterocycles. The third kappa shape index (κ3) is 3.87. The predicted molar refractivity (Wildman–Crippen MR) is 86.7 cm³/mol. The van der Waals surface area contributed by atoms with Crippen molar-refractivity contribution in [1.29, 1.82) is 0 Å². The van der Waals surface area contributed by atoms with Gasteiger partial charge in [-0.1, -0.05) is 38.8 Å². The van der Waals surface area contributed by atoms with Crippen molar-refractivity contribution >= 4 is 16.9 Å². The minimum Gasteiger partial charge on any atom is -0.451 e. The minimum absolute atomic E-state index is 0.0192. The fourth-order valence-corrected chi connectivity index (χ4v) is 2.41. The zero-order valence-electron chi connectivity index (χ0n) is 13.3. The Morgan fingerprint density at radius 1 is 1.10 bits per heavy atom. The highest BCUT2D eigenvalue weighted by molar-refractivity contribution is 5.96. The van der Waals surface area contributed by atoms with Crippen LogP contribution in [0.2, 0.25) is 0 Å². The molecule has 3 heteroatoms. The van der Waals surface area contributed by atoms with Gasteiger partial charge in [-0.25, -0.2) is 0 Å². The molecule has 1 heterocycles. The number of rotatable bonds is 7. The van der Waals surface area contributed by atoms with Crippen LogP contribution in [0.3, 0.4) is 0 Å². The summed E-state index contributed by atoms with van der Waals surface area (Å²) in [7, 11) is 0. The summed E-state index contributed by atoms with van der Waals surface area (Å²) in [5, 5.41) is 0.995. The van der Waals surface area contributed by atoms with Gasteiger partial charge in [0, 0.05) is 18.5 Å². The number of amides is 1. The van der Waals surface area contributed by atoms with Gasteiger partial charge in [0.1, 0.15) is 5.58 Å². The second-order valence-corrected chi connectivity index (χ2v) is 5.65. The molecule has 0 spiro atoms. The van der Waals surface area contributed by atoms with E-state index in [0.29, 0.717) is 5.76 Å². The van der Waals surface area contributed by atoms with E-state index in [1.54, 1.807) is 0 Å². The summed E-state index contributed by atoms with van der Waals surface area (Å²) in [6, 6.07) is 7.89. The maximum absolute atomic E-state index is 12.6. The Labute approximate surface area is 126 Å². The van der Waals surface area contributed by atoms with Crippen molar-refractivity contribution < 1.29 is 9.21 Å². The molecule has 0 aliphatic rings. The number of hydrogen-bond donors (Lipinski definition) is 0. The average Bonchev–Trinajstić information content (AvgIpc) is 2.89. The van der Waals surface area contributed by atoms with E-state index in [4.69, 9.17) is 4.42 Å². The van der Waals surface area contributed by atoms with E-state index in [0.717, 1.165) is 55.3 Å². The van der Waals surface area contributed by atoms with Gasteiger partial charge in [0.05, 0.1) is 0 Å². The van der Waals surface area contributed by atoms with Crippen molar-refractivity contribution in [3.05, 3.63) is 35.6 Å². The Morgan fingerprint density at radius 3 is 2.38 bits per heavy atom. The molecule has 0 saturated carbocycles. The van der Waals surface area contributed by atoms with Gasteiger partial charge in [-0.3, -0.25) is 4.79 Å². The first-order valence-corrected chi connectivity index (χ1v) is 7.95. The van der Waals surface area contributed by atoms with Crippen molar-refractivity contribution in [2.24, 2.45) is 0 Å². The first kappa shape index (κ1) is 15.6. The van der Waals surface area contributed by atoms with Crippen molar-refractivity contribution in [1.82, 2.24) is 4.90 Å². The number of carbonyl (C=O) groups is 1. The normalized spacial score (nSPS) is 11.0. The van der Waals surface area contributed by atoms with Crippen LogP contribution in [-0.4, -0.2) is 23.9 Å². The van der Waals surface area contributed by atoms with Crippen LogP contribution in [0.1, 0.15) is 55.6 Å². The molecule has 21 heavy (non-hydrogen) atoms. The van der Waals surface area contributed by atoms with Gasteiger partial charge in [-0.15, -0.1) is 0 Å². The molecule has 0 atom stereocenters. The van der Waals surface area contributed by atoms with Gasteiger partial charge in [-0.2, -0.15) is 0 Å². The van der Waals surface area contributed by atoms with Crippen LogP contribution in [0.5, 0.6) is 0 Å². The van der Waals surface area contributed by atoms with Crippen LogP contribution in [-0.2, 0) is 0 Å². The van der Waals surface area contributed by atoms with Gasteiger partial charge in [-0.05, 0) is 37.5 Å². The molecule has 1 aromatic carbocycles. The van der Waals surface area contributed by atoms with Crippen LogP contribution >= 0.6 is 0 Å². The molecule has 3 nitrogen and oxygen atoms in total. The predicted octanol–water partition coefficient (Wildman–Crippen LogP) is 4.78. The highest BCUT2D eigenvalue weighted by Gasteiger charge is 2.19. The smallest absolute Gasteiger partial charge is 0.289 e. The lowest BCUT2D eigenvalue weighted by Gasteiger charge is -2.21. The van der Waals surface area contributed by atoms with E-state index in [9.17, 15) is 4.79 Å². The lowest BCUT2D eigenvalue weighted by Crippen LogP contribution is -2.32. The summed E-state index contributed by atoms with van der Waals surface area (Å²) in [5.74, 6) is 0.480. The number of hydrogen-bond acceptors (Lipinski definition) is 2. The third-order valence-corrected chi connectivity index (χ3v) is 3.74. The standard InChI is InChI=1S/C18H25NO2/c1-4-6-10-19(11-7-5-2)18(20)17-13-15-9-8-14(3)12-16(15)21-17/h8-9,12-13H,4-7,10-11H2,1-3H3. The zero-order chi connectivity index (χ0) is 15.2. The van der Waals surface area contributed by atoms with Crippen molar-refractivity contribution in [2.45, 2.75) is 46.5 Å². The molecule has 0 aliphatic carbocycles. The second kappa shape index (κ2) is 7.30. The summed E-state index contributed by atoms with van der Waals surface area (Å²) in [5.41, 5.74) is 1.94. The molecular weight excluding hydrogens is 262 g/mol. The molecule has 0 fully saturated rings. The number of furan rings is 1. The van der Waals surface area contributed by atoms with E-state index >= 15 is 0 Å². The Balaban J connectivity index is 2.20. The molecule has 0 unspecified atom stereocenters. The molecule has 0 radical (unpaired) electrons. The molecular formula is C18H25NO2. The van der Waals surface area contributed by atoms with E-state index in [1.165, 1.54) is 0 Å². The lowest BCUT2D eigenvalue weighted by atomic mass is 10.2. The maximum Gasteiger partial charge on any atom is 0.289 e. The van der Waals surface area contributed by atoms with Crippen molar-refractivity contribution in [2.75, 3.05) is 13.1 Å². The Kier molecular flexibility index (Phi) is 5.43. The largest absolute Gasteiger partial charge is 0.451 e. The van der Waals surface area contributed by atoms with Gasteiger partial charge in [0.15, 0.2) is 5.76 Å². The third-order valence-electron chi connectivity index (χ3n) is 3.74. The summed E-state index contributed by atoms with van der Waals surface area (Å²) in [6.45, 7) is 7.94. The van der Waals surface area contributed by atoms with Crippen molar-refractivity contribution in [3.8, 4) is 0 Å². The van der Waals surface area contributed by atoms with E-state index in [1.807, 2.05) is 36.1 Å². The van der Waals surface area contributed by atoms with Crippen molar-refractivity contribution in [3.63, 3.8) is 0 Å². The summed E-state index contributed by atoms with van der Waals surface area (Å²) < 4.78 is 5.76. The van der Waals surface area contributed by atoms with Crippen LogP contribution in [0.4, 0.5) is 0 Å². The number of benzene rings is 1. The SMILES string of the molecule is CCCCN(CCCC)C(=O)c1cc2ccc(C)cc2o1. The van der Waals surface area contributed by atoms with Gasteiger partial charge < -0.3 is 9.32 Å². The van der Waals surface area contributed by atoms with Crippen LogP contribution in [0.15, 0.2) is 28.7 Å². The average molecular weight is 287 g/mol. The number of unbranched alkanes of at least 4 members (excludes halogenated alkanes) is 2. The monoisotopic (exact) mass is 287 g/mol. The van der Waals surface area contributed by atoms with E-state index in [-0.39, 0.29) is 5.91 Å². The fraction of sp³-hybridized carbons (Fsp3) is 0.500. The van der Waals surface area contributed by atoms with Crippen LogP contribution in [0.25, 0.3) is 11.0 Å². The van der Waals surface area contributed by atoms with Gasteiger partial charge in [0.2, 0.25) is 0 Å². The Morgan fingerprint density at radius 2 is 1.76 bits per heavy atom. The molecule has 1 amide bonds. The maximum atomic E-state index is 12.6. The van der Waals surface area contributed by atoms with Gasteiger partial charge >= 0.3 is 0 Å². The Bertz CT molecular complexity index is 592. The molecule has 2 rings (SSSR count). The summed E-state index contributed by atoms with van der Waals surface area (Å²) in [6.07, 6.45) is 4.26. The molecule has 114 valence electrons. The van der Waals surface area contributed by atoms with E-state index in [2.05, 4.69) is 13.8 Å². The molecule has 2 aromatic rings. The topological polar surface area (TPSA) is 33.5 Å². The number of fused-ring (bicyclic) bond motifs is 1. The quantitative estimate of drug-likeness (QED) is 0.734. The number of carbonyl (C=O) groups excluding carboxylic acids is 1. The zero-order valence-corrected chi connectivity index (χ0v) is 13.3. The number of aryl methyl sites for hydroxylation is 1. The highest BCUT2D eigenvalue weighted by atomic mass is 16.3. The fourth-order valence-electron chi connectivity index (χ4n) is 2.41. The lowest BCUT2D eigenvalue weighted by molar-refractivity contribution is 0.0721. The van der Waals surface area contributed by atoms with Crippen LogP contribution < -0.4 is 0 Å². The first-order valence-electron chi connectivity index (χ1n) is 7.95. The number of nitrogens with zero attached hydrogens (tertiary/aromatic N) is 1. The molecule has 0 bridgehead atoms. The summed E-state index contributed by atoms with van der Waals surface area (Å²) >= 11 is 0.